The van der Waals surface area contributed by atoms with Crippen LogP contribution in [0.5, 0.6) is 0 Å². The van der Waals surface area contributed by atoms with Crippen LogP contribution in [0.1, 0.15) is 44.2 Å². The number of hydrogen-bond donors (Lipinski definition) is 1. The minimum Gasteiger partial charge on any atom is -0.371 e. The first kappa shape index (κ1) is 23.6. The van der Waals surface area contributed by atoms with Gasteiger partial charge < -0.3 is 19.5 Å². The molecule has 0 radical (unpaired) electrons. The fraction of sp³-hybridized carbons (Fsp3) is 0.500. The van der Waals surface area contributed by atoms with E-state index in [9.17, 15) is 0 Å². The van der Waals surface area contributed by atoms with Gasteiger partial charge in [-0.15, -0.1) is 24.0 Å². The highest BCUT2D eigenvalue weighted by molar-refractivity contribution is 14.0. The lowest BCUT2D eigenvalue weighted by atomic mass is 10.2. The van der Waals surface area contributed by atoms with Gasteiger partial charge in [0.25, 0.3) is 0 Å². The second-order valence-corrected chi connectivity index (χ2v) is 6.23. The summed E-state index contributed by atoms with van der Waals surface area (Å²) in [7, 11) is 1.98. The Balaban J connectivity index is 0.00000364. The molecule has 1 heterocycles. The van der Waals surface area contributed by atoms with Crippen LogP contribution < -0.4 is 5.32 Å². The maximum Gasteiger partial charge on any atom is 0.248 e. The largest absolute Gasteiger partial charge is 0.371 e. The van der Waals surface area contributed by atoms with E-state index in [0.29, 0.717) is 31.4 Å². The first-order valence-electron chi connectivity index (χ1n) is 8.71. The second-order valence-electron chi connectivity index (χ2n) is 5.80. The number of nitrogens with one attached hydrogen (secondary N) is 1. The lowest BCUT2D eigenvalue weighted by Gasteiger charge is -2.22. The monoisotopic (exact) mass is 507 g/mol. The fourth-order valence-corrected chi connectivity index (χ4v) is 2.50. The Morgan fingerprint density at radius 2 is 2.04 bits per heavy atom. The molecule has 1 atom stereocenters. The fourth-order valence-electron chi connectivity index (χ4n) is 2.37. The summed E-state index contributed by atoms with van der Waals surface area (Å²) < 4.78 is 10.7. The highest BCUT2D eigenvalue weighted by atomic mass is 127. The second kappa shape index (κ2) is 12.1. The van der Waals surface area contributed by atoms with Crippen LogP contribution in [0.15, 0.2) is 33.8 Å². The Kier molecular flexibility index (Phi) is 10.6. The molecule has 7 nitrogen and oxygen atoms in total. The van der Waals surface area contributed by atoms with E-state index in [2.05, 4.69) is 20.4 Å². The van der Waals surface area contributed by atoms with E-state index in [0.717, 1.165) is 23.1 Å². The zero-order valence-electron chi connectivity index (χ0n) is 16.1. The molecule has 2 rings (SSSR count). The van der Waals surface area contributed by atoms with Crippen LogP contribution in [0, 0.1) is 0 Å². The summed E-state index contributed by atoms with van der Waals surface area (Å²) in [6, 6.07) is 7.77. The molecule has 0 aliphatic heterocycles. The number of benzene rings is 1. The maximum absolute atomic E-state index is 5.94. The number of rotatable bonds is 8. The molecule has 0 aliphatic rings. The van der Waals surface area contributed by atoms with E-state index < -0.39 is 0 Å². The van der Waals surface area contributed by atoms with Crippen LogP contribution in [0.3, 0.4) is 0 Å². The van der Waals surface area contributed by atoms with Gasteiger partial charge in [0, 0.05) is 31.8 Å². The van der Waals surface area contributed by atoms with Crippen molar-refractivity contribution in [2.75, 3.05) is 20.2 Å². The van der Waals surface area contributed by atoms with Gasteiger partial charge >= 0.3 is 0 Å². The van der Waals surface area contributed by atoms with Crippen molar-refractivity contribution in [1.82, 2.24) is 20.4 Å². The minimum atomic E-state index is -0.192. The van der Waals surface area contributed by atoms with Crippen LogP contribution in [0.4, 0.5) is 0 Å². The van der Waals surface area contributed by atoms with Gasteiger partial charge in [0.2, 0.25) is 5.89 Å². The summed E-state index contributed by atoms with van der Waals surface area (Å²) in [6.07, 6.45) is -0.192. The van der Waals surface area contributed by atoms with Crippen molar-refractivity contribution >= 4 is 41.5 Å². The predicted octanol–water partition coefficient (Wildman–Crippen LogP) is 4.04. The molecule has 2 aromatic rings. The predicted molar refractivity (Wildman–Crippen MR) is 117 cm³/mol. The van der Waals surface area contributed by atoms with E-state index in [1.165, 1.54) is 0 Å². The molecule has 0 aliphatic carbocycles. The van der Waals surface area contributed by atoms with E-state index in [4.69, 9.17) is 20.9 Å². The average molecular weight is 508 g/mol. The third-order valence-corrected chi connectivity index (χ3v) is 3.91. The van der Waals surface area contributed by atoms with Gasteiger partial charge in [-0.1, -0.05) is 28.9 Å². The van der Waals surface area contributed by atoms with Crippen molar-refractivity contribution in [2.24, 2.45) is 4.99 Å². The summed E-state index contributed by atoms with van der Waals surface area (Å²) in [6.45, 7) is 8.23. The lowest BCUT2D eigenvalue weighted by molar-refractivity contribution is 0.0683. The van der Waals surface area contributed by atoms with Crippen molar-refractivity contribution in [3.63, 3.8) is 0 Å². The van der Waals surface area contributed by atoms with Crippen molar-refractivity contribution < 1.29 is 9.26 Å². The third kappa shape index (κ3) is 7.63. The van der Waals surface area contributed by atoms with Crippen LogP contribution in [-0.4, -0.2) is 41.2 Å². The number of halogens is 2. The van der Waals surface area contributed by atoms with Gasteiger partial charge in [0.1, 0.15) is 12.6 Å². The Labute approximate surface area is 182 Å². The number of guanidine groups is 1. The van der Waals surface area contributed by atoms with Crippen LogP contribution >= 0.6 is 35.6 Å². The number of ether oxygens (including phenoxy) is 1. The summed E-state index contributed by atoms with van der Waals surface area (Å²) in [5, 5.41) is 7.95. The zero-order chi connectivity index (χ0) is 18.9. The summed E-state index contributed by atoms with van der Waals surface area (Å²) in [5.74, 6) is 1.76. The molecule has 0 spiro atoms. The van der Waals surface area contributed by atoms with Crippen LogP contribution in [0.2, 0.25) is 5.02 Å². The Bertz CT molecular complexity index is 708. The molecule has 1 N–H and O–H groups in total. The molecule has 27 heavy (non-hydrogen) atoms. The third-order valence-electron chi connectivity index (χ3n) is 3.66. The summed E-state index contributed by atoms with van der Waals surface area (Å²) >= 11 is 5.94. The molecule has 0 saturated heterocycles. The summed E-state index contributed by atoms with van der Waals surface area (Å²) in [5.41, 5.74) is 1.15. The Morgan fingerprint density at radius 3 is 2.67 bits per heavy atom. The molecule has 9 heteroatoms. The zero-order valence-corrected chi connectivity index (χ0v) is 19.2. The number of aliphatic imine (C=N–C) groups is 1. The molecule has 0 bridgehead atoms. The molecule has 0 amide bonds. The van der Waals surface area contributed by atoms with Gasteiger partial charge in [-0.3, -0.25) is 0 Å². The molecule has 1 aromatic carbocycles. The molecule has 150 valence electrons. The van der Waals surface area contributed by atoms with E-state index in [1.807, 2.05) is 57.0 Å². The van der Waals surface area contributed by atoms with Crippen LogP contribution in [-0.2, 0) is 17.8 Å². The van der Waals surface area contributed by atoms with Gasteiger partial charge in [0.05, 0.1) is 0 Å². The number of hydrogen-bond acceptors (Lipinski definition) is 5. The normalized spacial score (nSPS) is 12.4. The first-order chi connectivity index (χ1) is 12.5. The number of nitrogens with zero attached hydrogens (tertiary/aromatic N) is 4. The SMILES string of the molecule is CCNC(=NCc1nc(C(C)OCC)no1)N(C)Cc1ccc(Cl)cc1.I. The maximum atomic E-state index is 5.94. The quantitative estimate of drug-likeness (QED) is 0.330. The van der Waals surface area contributed by atoms with E-state index in [1.54, 1.807) is 0 Å². The smallest absolute Gasteiger partial charge is 0.248 e. The first-order valence-corrected chi connectivity index (χ1v) is 9.09. The Morgan fingerprint density at radius 1 is 1.33 bits per heavy atom. The van der Waals surface area contributed by atoms with Crippen molar-refractivity contribution in [3.05, 3.63) is 46.6 Å². The van der Waals surface area contributed by atoms with Gasteiger partial charge in [-0.25, -0.2) is 4.99 Å². The molecular formula is C18H27ClIN5O2. The lowest BCUT2D eigenvalue weighted by Crippen LogP contribution is -2.38. The molecule has 0 fully saturated rings. The average Bonchev–Trinajstić information content (AvgIpc) is 3.10. The molecule has 1 aromatic heterocycles. The van der Waals surface area contributed by atoms with E-state index in [-0.39, 0.29) is 30.1 Å². The molecule has 1 unspecified atom stereocenters. The van der Waals surface area contributed by atoms with Gasteiger partial charge in [-0.2, -0.15) is 4.98 Å². The van der Waals surface area contributed by atoms with Gasteiger partial charge in [0.15, 0.2) is 11.8 Å². The van der Waals surface area contributed by atoms with Crippen molar-refractivity contribution in [2.45, 2.75) is 40.0 Å². The van der Waals surface area contributed by atoms with Gasteiger partial charge in [-0.05, 0) is 38.5 Å². The van der Waals surface area contributed by atoms with Crippen LogP contribution in [0.25, 0.3) is 0 Å². The Hall–Kier alpha value is -1.39. The topological polar surface area (TPSA) is 75.8 Å². The van der Waals surface area contributed by atoms with Crippen molar-refractivity contribution in [3.8, 4) is 0 Å². The highest BCUT2D eigenvalue weighted by Gasteiger charge is 2.14. The standard InChI is InChI=1S/C18H26ClN5O2.HI/c1-5-20-18(24(4)12-14-7-9-15(19)10-8-14)21-11-16-22-17(23-26-16)13(3)25-6-2;/h7-10,13H,5-6,11-12H2,1-4H3,(H,20,21);1H. The summed E-state index contributed by atoms with van der Waals surface area (Å²) in [4.78, 5) is 11.0. The van der Waals surface area contributed by atoms with Crippen molar-refractivity contribution in [1.29, 1.82) is 0 Å². The molecular weight excluding hydrogens is 481 g/mol. The minimum absolute atomic E-state index is 0. The highest BCUT2D eigenvalue weighted by Crippen LogP contribution is 2.14. The molecule has 0 saturated carbocycles. The van der Waals surface area contributed by atoms with E-state index >= 15 is 0 Å². The number of aromatic nitrogens is 2.